The summed E-state index contributed by atoms with van der Waals surface area (Å²) < 4.78 is 22.8. The molecule has 13 heteroatoms. The van der Waals surface area contributed by atoms with E-state index in [0.717, 1.165) is 23.1 Å². The van der Waals surface area contributed by atoms with Crippen molar-refractivity contribution >= 4 is 67.4 Å². The largest absolute Gasteiger partial charge is 0.325 e. The summed E-state index contributed by atoms with van der Waals surface area (Å²) in [6, 6.07) is 5.48. The second-order valence-corrected chi connectivity index (χ2v) is 8.49. The van der Waals surface area contributed by atoms with Gasteiger partial charge in [-0.05, 0) is 24.3 Å². The van der Waals surface area contributed by atoms with E-state index in [-0.39, 0.29) is 22.4 Å². The SMILES string of the molecule is NS(=O)(=O)c1ccc(NC(=O)CSc2nnc(NC(=O)CCl)s2)cc1. The Labute approximate surface area is 156 Å². The van der Waals surface area contributed by atoms with E-state index in [1.165, 1.54) is 24.3 Å². The molecule has 1 heterocycles. The number of sulfonamides is 1. The minimum atomic E-state index is -3.77. The van der Waals surface area contributed by atoms with E-state index in [4.69, 9.17) is 16.7 Å². The predicted molar refractivity (Wildman–Crippen MR) is 96.4 cm³/mol. The molecular weight excluding hydrogens is 410 g/mol. The topological polar surface area (TPSA) is 144 Å². The Kier molecular flexibility index (Phi) is 6.72. The molecule has 0 aliphatic heterocycles. The van der Waals surface area contributed by atoms with Crippen molar-refractivity contribution in [2.24, 2.45) is 5.14 Å². The zero-order valence-corrected chi connectivity index (χ0v) is 15.6. The van der Waals surface area contributed by atoms with Crippen LogP contribution in [-0.4, -0.2) is 42.1 Å². The molecule has 0 fully saturated rings. The third kappa shape index (κ3) is 6.25. The molecule has 1 aromatic carbocycles. The van der Waals surface area contributed by atoms with Crippen LogP contribution in [0.15, 0.2) is 33.5 Å². The number of nitrogens with zero attached hydrogens (tertiary/aromatic N) is 2. The predicted octanol–water partition coefficient (Wildman–Crippen LogP) is 1.09. The van der Waals surface area contributed by atoms with E-state index in [1.807, 2.05) is 0 Å². The number of carbonyl (C=O) groups is 2. The van der Waals surface area contributed by atoms with Gasteiger partial charge in [-0.3, -0.25) is 14.9 Å². The van der Waals surface area contributed by atoms with Gasteiger partial charge in [0.15, 0.2) is 4.34 Å². The molecule has 0 saturated heterocycles. The van der Waals surface area contributed by atoms with Gasteiger partial charge in [0.1, 0.15) is 5.88 Å². The Bertz CT molecular complexity index is 869. The quantitative estimate of drug-likeness (QED) is 0.344. The zero-order chi connectivity index (χ0) is 18.4. The van der Waals surface area contributed by atoms with Crippen molar-refractivity contribution in [1.29, 1.82) is 0 Å². The van der Waals surface area contributed by atoms with Gasteiger partial charge in [-0.25, -0.2) is 13.6 Å². The highest BCUT2D eigenvalue weighted by Crippen LogP contribution is 2.25. The van der Waals surface area contributed by atoms with Gasteiger partial charge in [-0.15, -0.1) is 21.8 Å². The van der Waals surface area contributed by atoms with Gasteiger partial charge in [-0.2, -0.15) is 0 Å². The molecule has 2 amide bonds. The van der Waals surface area contributed by atoms with Crippen LogP contribution in [0, 0.1) is 0 Å². The highest BCUT2D eigenvalue weighted by Gasteiger charge is 2.11. The van der Waals surface area contributed by atoms with Crippen LogP contribution in [0.3, 0.4) is 0 Å². The molecule has 4 N–H and O–H groups in total. The molecule has 0 aliphatic rings. The fraction of sp³-hybridized carbons (Fsp3) is 0.167. The number of thioether (sulfide) groups is 1. The minimum absolute atomic E-state index is 0.0414. The number of aromatic nitrogens is 2. The fourth-order valence-corrected chi connectivity index (χ4v) is 3.67. The molecule has 0 saturated carbocycles. The highest BCUT2D eigenvalue weighted by atomic mass is 35.5. The standard InChI is InChI=1S/C12H12ClN5O4S3/c13-5-9(19)16-11-17-18-12(24-11)23-6-10(20)15-7-1-3-8(4-2-7)25(14,21)22/h1-4H,5-6H2,(H,15,20)(H2,14,21,22)(H,16,17,19). The molecular formula is C12H12ClN5O4S3. The van der Waals surface area contributed by atoms with Gasteiger partial charge in [0, 0.05) is 5.69 Å². The summed E-state index contributed by atoms with van der Waals surface area (Å²) in [5.74, 6) is -0.825. The first-order chi connectivity index (χ1) is 11.8. The Morgan fingerprint density at radius 3 is 2.44 bits per heavy atom. The average molecular weight is 422 g/mol. The van der Waals surface area contributed by atoms with E-state index in [0.29, 0.717) is 15.2 Å². The van der Waals surface area contributed by atoms with Crippen molar-refractivity contribution in [2.75, 3.05) is 22.3 Å². The highest BCUT2D eigenvalue weighted by molar-refractivity contribution is 8.01. The summed E-state index contributed by atoms with van der Waals surface area (Å²) in [6.07, 6.45) is 0. The first-order valence-electron chi connectivity index (χ1n) is 6.53. The average Bonchev–Trinajstić information content (AvgIpc) is 3.00. The number of nitrogens with one attached hydrogen (secondary N) is 2. The summed E-state index contributed by atoms with van der Waals surface area (Å²) in [6.45, 7) is 0. The number of primary sulfonamides is 1. The smallest absolute Gasteiger partial charge is 0.241 e. The first kappa shape index (κ1) is 19.6. The van der Waals surface area contributed by atoms with Crippen LogP contribution in [0.2, 0.25) is 0 Å². The Morgan fingerprint density at radius 2 is 1.84 bits per heavy atom. The lowest BCUT2D eigenvalue weighted by atomic mass is 10.3. The third-order valence-electron chi connectivity index (χ3n) is 2.57. The Morgan fingerprint density at radius 1 is 1.16 bits per heavy atom. The second-order valence-electron chi connectivity index (χ2n) is 4.46. The molecule has 2 aromatic rings. The normalized spacial score (nSPS) is 11.1. The van der Waals surface area contributed by atoms with Crippen LogP contribution in [0.25, 0.3) is 0 Å². The summed E-state index contributed by atoms with van der Waals surface area (Å²) >= 11 is 7.63. The summed E-state index contributed by atoms with van der Waals surface area (Å²) in [7, 11) is -3.77. The Hall–Kier alpha value is -1.73. The maximum Gasteiger partial charge on any atom is 0.241 e. The summed E-state index contributed by atoms with van der Waals surface area (Å²) in [4.78, 5) is 23.0. The van der Waals surface area contributed by atoms with Crippen molar-refractivity contribution in [3.05, 3.63) is 24.3 Å². The lowest BCUT2D eigenvalue weighted by Crippen LogP contribution is -2.15. The maximum absolute atomic E-state index is 11.9. The lowest BCUT2D eigenvalue weighted by Gasteiger charge is -2.05. The molecule has 0 spiro atoms. The number of benzene rings is 1. The maximum atomic E-state index is 11.9. The van der Waals surface area contributed by atoms with Gasteiger partial charge in [0.05, 0.1) is 10.6 Å². The van der Waals surface area contributed by atoms with E-state index in [1.54, 1.807) is 0 Å². The monoisotopic (exact) mass is 421 g/mol. The van der Waals surface area contributed by atoms with Crippen LogP contribution in [0.1, 0.15) is 0 Å². The van der Waals surface area contributed by atoms with Crippen LogP contribution in [0.5, 0.6) is 0 Å². The van der Waals surface area contributed by atoms with Crippen LogP contribution >= 0.6 is 34.7 Å². The number of nitrogens with two attached hydrogens (primary N) is 1. The molecule has 0 aliphatic carbocycles. The number of hydrogen-bond acceptors (Lipinski definition) is 8. The number of hydrogen-bond donors (Lipinski definition) is 3. The van der Waals surface area contributed by atoms with Crippen LogP contribution in [-0.2, 0) is 19.6 Å². The van der Waals surface area contributed by atoms with Gasteiger partial charge in [0.2, 0.25) is 27.0 Å². The number of anilines is 2. The molecule has 25 heavy (non-hydrogen) atoms. The molecule has 0 bridgehead atoms. The van der Waals surface area contributed by atoms with Gasteiger partial charge < -0.3 is 5.32 Å². The number of alkyl halides is 1. The number of halogens is 1. The molecule has 0 atom stereocenters. The first-order valence-corrected chi connectivity index (χ1v) is 10.4. The third-order valence-corrected chi connectivity index (χ3v) is 5.71. The Balaban J connectivity index is 1.85. The molecule has 0 radical (unpaired) electrons. The van der Waals surface area contributed by atoms with Crippen molar-refractivity contribution in [2.45, 2.75) is 9.24 Å². The number of rotatable bonds is 7. The molecule has 0 unspecified atom stereocenters. The van der Waals surface area contributed by atoms with Crippen molar-refractivity contribution in [3.8, 4) is 0 Å². The zero-order valence-electron chi connectivity index (χ0n) is 12.4. The van der Waals surface area contributed by atoms with Crippen molar-refractivity contribution < 1.29 is 18.0 Å². The van der Waals surface area contributed by atoms with E-state index >= 15 is 0 Å². The lowest BCUT2D eigenvalue weighted by molar-refractivity contribution is -0.114. The van der Waals surface area contributed by atoms with Crippen LogP contribution in [0.4, 0.5) is 10.8 Å². The van der Waals surface area contributed by atoms with Gasteiger partial charge in [0.25, 0.3) is 0 Å². The van der Waals surface area contributed by atoms with Gasteiger partial charge in [-0.1, -0.05) is 23.1 Å². The number of carbonyl (C=O) groups excluding carboxylic acids is 2. The van der Waals surface area contributed by atoms with E-state index < -0.39 is 15.9 Å². The van der Waals surface area contributed by atoms with E-state index in [9.17, 15) is 18.0 Å². The van der Waals surface area contributed by atoms with Crippen LogP contribution < -0.4 is 15.8 Å². The minimum Gasteiger partial charge on any atom is -0.325 e. The second kappa shape index (κ2) is 8.58. The molecule has 9 nitrogen and oxygen atoms in total. The molecule has 2 rings (SSSR count). The summed E-state index contributed by atoms with van der Waals surface area (Å²) in [5, 5.41) is 18.0. The van der Waals surface area contributed by atoms with Crippen molar-refractivity contribution in [1.82, 2.24) is 10.2 Å². The molecule has 134 valence electrons. The van der Waals surface area contributed by atoms with E-state index in [2.05, 4.69) is 20.8 Å². The number of amides is 2. The molecule has 1 aromatic heterocycles. The van der Waals surface area contributed by atoms with Crippen molar-refractivity contribution in [3.63, 3.8) is 0 Å². The fourth-order valence-electron chi connectivity index (χ4n) is 1.52. The summed E-state index contributed by atoms with van der Waals surface area (Å²) in [5.41, 5.74) is 0.435. The van der Waals surface area contributed by atoms with Gasteiger partial charge >= 0.3 is 0 Å².